The number of para-hydroxylation sites is 1. The summed E-state index contributed by atoms with van der Waals surface area (Å²) in [5, 5.41) is 0. The predicted molar refractivity (Wildman–Crippen MR) is 109 cm³/mol. The maximum absolute atomic E-state index is 14.1. The molecule has 0 aliphatic rings. The summed E-state index contributed by atoms with van der Waals surface area (Å²) in [7, 11) is -2.45. The van der Waals surface area contributed by atoms with Crippen LogP contribution in [0.4, 0.5) is 10.1 Å². The van der Waals surface area contributed by atoms with Crippen LogP contribution >= 0.6 is 0 Å². The van der Waals surface area contributed by atoms with Gasteiger partial charge in [-0.05, 0) is 55.3 Å². The summed E-state index contributed by atoms with van der Waals surface area (Å²) < 4.78 is 47.6. The maximum Gasteiger partial charge on any atom is 0.264 e. The van der Waals surface area contributed by atoms with Gasteiger partial charge >= 0.3 is 0 Å². The first-order valence-corrected chi connectivity index (χ1v) is 10.2. The van der Waals surface area contributed by atoms with Gasteiger partial charge in [0.15, 0.2) is 0 Å². The largest absolute Gasteiger partial charge is 0.496 e. The van der Waals surface area contributed by atoms with Crippen molar-refractivity contribution in [1.29, 1.82) is 0 Å². The zero-order valence-electron chi connectivity index (χ0n) is 16.0. The molecule has 3 rings (SSSR count). The molecule has 28 heavy (non-hydrogen) atoms. The highest BCUT2D eigenvalue weighted by Crippen LogP contribution is 2.30. The number of anilines is 1. The van der Waals surface area contributed by atoms with Gasteiger partial charge in [0.1, 0.15) is 11.6 Å². The molecular formula is C22H22FNO3S. The molecule has 0 saturated heterocycles. The molecule has 0 unspecified atom stereocenters. The minimum absolute atomic E-state index is 0.0608. The monoisotopic (exact) mass is 399 g/mol. The third-order valence-electron chi connectivity index (χ3n) is 4.53. The van der Waals surface area contributed by atoms with Gasteiger partial charge in [0, 0.05) is 5.56 Å². The fourth-order valence-electron chi connectivity index (χ4n) is 2.95. The molecule has 4 nitrogen and oxygen atoms in total. The minimum Gasteiger partial charge on any atom is -0.496 e. The number of rotatable bonds is 6. The standard InChI is InChI=1S/C22H22FNO3S/c1-16-7-6-9-19(13-16)24(15-18-8-4-5-10-22(18)27-3)28(25,26)20-12-11-17(2)21(23)14-20/h4-14H,15H2,1-3H3. The molecule has 0 bridgehead atoms. The first kappa shape index (κ1) is 19.9. The number of hydrogen-bond acceptors (Lipinski definition) is 3. The molecule has 0 radical (unpaired) electrons. The van der Waals surface area contributed by atoms with E-state index in [4.69, 9.17) is 4.74 Å². The lowest BCUT2D eigenvalue weighted by atomic mass is 10.2. The number of aryl methyl sites for hydroxylation is 2. The van der Waals surface area contributed by atoms with Gasteiger partial charge in [-0.3, -0.25) is 4.31 Å². The smallest absolute Gasteiger partial charge is 0.264 e. The Morgan fingerprint density at radius 3 is 2.39 bits per heavy atom. The summed E-state index contributed by atoms with van der Waals surface area (Å²) >= 11 is 0. The van der Waals surface area contributed by atoms with Crippen molar-refractivity contribution < 1.29 is 17.5 Å². The predicted octanol–water partition coefficient (Wildman–Crippen LogP) is 4.85. The fraction of sp³-hybridized carbons (Fsp3) is 0.182. The second kappa shape index (κ2) is 8.02. The number of halogens is 1. The number of sulfonamides is 1. The molecule has 0 saturated carbocycles. The first-order valence-electron chi connectivity index (χ1n) is 8.80. The summed E-state index contributed by atoms with van der Waals surface area (Å²) in [5.74, 6) is 0.0352. The van der Waals surface area contributed by atoms with E-state index >= 15 is 0 Å². The highest BCUT2D eigenvalue weighted by Gasteiger charge is 2.27. The van der Waals surface area contributed by atoms with Crippen molar-refractivity contribution in [2.24, 2.45) is 0 Å². The van der Waals surface area contributed by atoms with E-state index in [1.165, 1.54) is 16.4 Å². The fourth-order valence-corrected chi connectivity index (χ4v) is 4.39. The first-order chi connectivity index (χ1) is 13.3. The Bertz CT molecular complexity index is 1100. The summed E-state index contributed by atoms with van der Waals surface area (Å²) in [5.41, 5.74) is 2.54. The van der Waals surface area contributed by atoms with E-state index in [1.807, 2.05) is 31.2 Å². The van der Waals surface area contributed by atoms with Crippen LogP contribution in [-0.4, -0.2) is 15.5 Å². The molecule has 0 aliphatic carbocycles. The van der Waals surface area contributed by atoms with E-state index < -0.39 is 15.8 Å². The zero-order chi connectivity index (χ0) is 20.3. The van der Waals surface area contributed by atoms with Crippen molar-refractivity contribution in [3.05, 3.63) is 89.2 Å². The van der Waals surface area contributed by atoms with E-state index in [9.17, 15) is 12.8 Å². The van der Waals surface area contributed by atoms with Gasteiger partial charge in [0.2, 0.25) is 0 Å². The molecule has 0 heterocycles. The molecule has 3 aromatic carbocycles. The van der Waals surface area contributed by atoms with Crippen LogP contribution in [0.1, 0.15) is 16.7 Å². The minimum atomic E-state index is -4.00. The summed E-state index contributed by atoms with van der Waals surface area (Å²) in [6.45, 7) is 3.55. The zero-order valence-corrected chi connectivity index (χ0v) is 16.8. The Morgan fingerprint density at radius 1 is 0.964 bits per heavy atom. The third kappa shape index (κ3) is 4.02. The Kier molecular flexibility index (Phi) is 5.70. The van der Waals surface area contributed by atoms with Crippen molar-refractivity contribution >= 4 is 15.7 Å². The van der Waals surface area contributed by atoms with E-state index in [0.717, 1.165) is 11.6 Å². The van der Waals surface area contributed by atoms with Crippen LogP contribution < -0.4 is 9.04 Å². The van der Waals surface area contributed by atoms with Crippen molar-refractivity contribution in [2.75, 3.05) is 11.4 Å². The highest BCUT2D eigenvalue weighted by molar-refractivity contribution is 7.92. The van der Waals surface area contributed by atoms with Crippen LogP contribution in [0, 0.1) is 19.7 Å². The molecule has 3 aromatic rings. The number of hydrogen-bond donors (Lipinski definition) is 0. The molecule has 6 heteroatoms. The van der Waals surface area contributed by atoms with Crippen LogP contribution in [-0.2, 0) is 16.6 Å². The second-order valence-corrected chi connectivity index (χ2v) is 8.44. The molecule has 146 valence electrons. The quantitative estimate of drug-likeness (QED) is 0.595. The van der Waals surface area contributed by atoms with Gasteiger partial charge in [-0.25, -0.2) is 12.8 Å². The van der Waals surface area contributed by atoms with E-state index in [-0.39, 0.29) is 11.4 Å². The van der Waals surface area contributed by atoms with Crippen molar-refractivity contribution in [3.63, 3.8) is 0 Å². The molecular weight excluding hydrogens is 377 g/mol. The van der Waals surface area contributed by atoms with E-state index in [0.29, 0.717) is 22.6 Å². The summed E-state index contributed by atoms with van der Waals surface area (Å²) in [4.78, 5) is -0.0907. The molecule has 0 aromatic heterocycles. The number of nitrogens with zero attached hydrogens (tertiary/aromatic N) is 1. The topological polar surface area (TPSA) is 46.6 Å². The molecule has 0 fully saturated rings. The van der Waals surface area contributed by atoms with Crippen LogP contribution in [0.5, 0.6) is 5.75 Å². The number of ether oxygens (including phenoxy) is 1. The number of methoxy groups -OCH3 is 1. The summed E-state index contributed by atoms with van der Waals surface area (Å²) in [6.07, 6.45) is 0. The lowest BCUT2D eigenvalue weighted by Gasteiger charge is -2.26. The molecule has 0 amide bonds. The van der Waals surface area contributed by atoms with Gasteiger partial charge < -0.3 is 4.74 Å². The number of benzene rings is 3. The Balaban J connectivity index is 2.14. The normalized spacial score (nSPS) is 11.3. The summed E-state index contributed by atoms with van der Waals surface area (Å²) in [6, 6.07) is 18.4. The van der Waals surface area contributed by atoms with Gasteiger partial charge in [-0.2, -0.15) is 0 Å². The molecule has 0 N–H and O–H groups in total. The van der Waals surface area contributed by atoms with Gasteiger partial charge in [0.25, 0.3) is 10.0 Å². The van der Waals surface area contributed by atoms with Crippen LogP contribution in [0.2, 0.25) is 0 Å². The van der Waals surface area contributed by atoms with Gasteiger partial charge in [0.05, 0.1) is 24.2 Å². The maximum atomic E-state index is 14.1. The lowest BCUT2D eigenvalue weighted by molar-refractivity contribution is 0.410. The SMILES string of the molecule is COc1ccccc1CN(c1cccc(C)c1)S(=O)(=O)c1ccc(C)c(F)c1. The Hall–Kier alpha value is -2.86. The highest BCUT2D eigenvalue weighted by atomic mass is 32.2. The average molecular weight is 399 g/mol. The molecule has 0 spiro atoms. The van der Waals surface area contributed by atoms with Crippen molar-refractivity contribution in [1.82, 2.24) is 0 Å². The average Bonchev–Trinajstić information content (AvgIpc) is 2.68. The van der Waals surface area contributed by atoms with Gasteiger partial charge in [-0.15, -0.1) is 0 Å². The Labute approximate surface area is 165 Å². The lowest BCUT2D eigenvalue weighted by Crippen LogP contribution is -2.31. The van der Waals surface area contributed by atoms with Crippen molar-refractivity contribution in [3.8, 4) is 5.75 Å². The van der Waals surface area contributed by atoms with E-state index in [2.05, 4.69) is 0 Å². The third-order valence-corrected chi connectivity index (χ3v) is 6.30. The van der Waals surface area contributed by atoms with Gasteiger partial charge in [-0.1, -0.05) is 36.4 Å². The second-order valence-electron chi connectivity index (χ2n) is 6.57. The van der Waals surface area contributed by atoms with Crippen LogP contribution in [0.3, 0.4) is 0 Å². The Morgan fingerprint density at radius 2 is 1.71 bits per heavy atom. The molecule has 0 aliphatic heterocycles. The van der Waals surface area contributed by atoms with Crippen LogP contribution in [0.25, 0.3) is 0 Å². The van der Waals surface area contributed by atoms with Crippen LogP contribution in [0.15, 0.2) is 71.6 Å². The van der Waals surface area contributed by atoms with E-state index in [1.54, 1.807) is 38.3 Å². The molecule has 0 atom stereocenters. The van der Waals surface area contributed by atoms with Crippen molar-refractivity contribution in [2.45, 2.75) is 25.3 Å².